The number of sulfone groups is 1. The van der Waals surface area contributed by atoms with Crippen LogP contribution in [0, 0.1) is 6.92 Å². The van der Waals surface area contributed by atoms with Crippen molar-refractivity contribution in [1.82, 2.24) is 5.32 Å². The summed E-state index contributed by atoms with van der Waals surface area (Å²) in [7, 11) is -3.03. The third-order valence-corrected chi connectivity index (χ3v) is 5.88. The molecule has 6 heteroatoms. The van der Waals surface area contributed by atoms with Gasteiger partial charge in [-0.3, -0.25) is 4.79 Å². The third-order valence-electron chi connectivity index (χ3n) is 3.29. The first-order valence-corrected chi connectivity index (χ1v) is 8.61. The van der Waals surface area contributed by atoms with Crippen LogP contribution in [0.15, 0.2) is 22.7 Å². The van der Waals surface area contributed by atoms with E-state index in [1.165, 1.54) is 0 Å². The molecule has 0 bridgehead atoms. The van der Waals surface area contributed by atoms with E-state index in [0.29, 0.717) is 16.5 Å². The molecule has 19 heavy (non-hydrogen) atoms. The second-order valence-electron chi connectivity index (χ2n) is 5.34. The lowest BCUT2D eigenvalue weighted by Gasteiger charge is -2.24. The molecule has 1 aromatic rings. The molecule has 2 rings (SSSR count). The lowest BCUT2D eigenvalue weighted by molar-refractivity contribution is 0.0914. The minimum atomic E-state index is -3.03. The van der Waals surface area contributed by atoms with Crippen LogP contribution in [0.1, 0.15) is 29.3 Å². The molecule has 1 aromatic carbocycles. The van der Waals surface area contributed by atoms with Gasteiger partial charge in [-0.1, -0.05) is 11.6 Å². The van der Waals surface area contributed by atoms with Crippen LogP contribution in [0.25, 0.3) is 0 Å². The van der Waals surface area contributed by atoms with Crippen molar-refractivity contribution in [2.24, 2.45) is 0 Å². The molecule has 1 aliphatic heterocycles. The van der Waals surface area contributed by atoms with Gasteiger partial charge in [0.15, 0.2) is 9.84 Å². The molecule has 0 aliphatic carbocycles. The minimum absolute atomic E-state index is 0.00910. The number of hydrogen-bond acceptors (Lipinski definition) is 3. The highest BCUT2D eigenvalue weighted by Crippen LogP contribution is 2.25. The molecule has 1 amide bonds. The summed E-state index contributed by atoms with van der Waals surface area (Å²) in [5.41, 5.74) is 0.849. The zero-order chi connectivity index (χ0) is 14.3. The Morgan fingerprint density at radius 3 is 2.68 bits per heavy atom. The molecule has 104 valence electrons. The van der Waals surface area contributed by atoms with Crippen molar-refractivity contribution in [2.75, 3.05) is 11.5 Å². The van der Waals surface area contributed by atoms with Crippen LogP contribution >= 0.6 is 15.9 Å². The summed E-state index contributed by atoms with van der Waals surface area (Å²) in [4.78, 5) is 12.3. The van der Waals surface area contributed by atoms with Crippen LogP contribution in [0.3, 0.4) is 0 Å². The van der Waals surface area contributed by atoms with Crippen molar-refractivity contribution < 1.29 is 13.2 Å². The predicted octanol–water partition coefficient (Wildman–Crippen LogP) is 2.06. The molecule has 1 aliphatic rings. The molecule has 0 radical (unpaired) electrons. The minimum Gasteiger partial charge on any atom is -0.346 e. The van der Waals surface area contributed by atoms with Gasteiger partial charge in [0, 0.05) is 4.47 Å². The molecule has 1 heterocycles. The Labute approximate surface area is 121 Å². The third kappa shape index (κ3) is 3.36. The first-order chi connectivity index (χ1) is 8.71. The Bertz CT molecular complexity index is 627. The number of benzene rings is 1. The van der Waals surface area contributed by atoms with Gasteiger partial charge in [0.2, 0.25) is 0 Å². The summed E-state index contributed by atoms with van der Waals surface area (Å²) in [5, 5.41) is 2.85. The zero-order valence-electron chi connectivity index (χ0n) is 10.9. The molecule has 1 saturated heterocycles. The number of carbonyl (C=O) groups is 1. The maximum Gasteiger partial charge on any atom is 0.252 e. The van der Waals surface area contributed by atoms with Gasteiger partial charge in [-0.15, -0.1) is 0 Å². The Balaban J connectivity index is 2.20. The van der Waals surface area contributed by atoms with Crippen LogP contribution in [-0.2, 0) is 9.84 Å². The Morgan fingerprint density at radius 1 is 1.42 bits per heavy atom. The Morgan fingerprint density at radius 2 is 2.11 bits per heavy atom. The number of carbonyl (C=O) groups excluding carboxylic acids is 1. The molecular weight excluding hydrogens is 330 g/mol. The molecule has 0 spiro atoms. The van der Waals surface area contributed by atoms with Crippen molar-refractivity contribution in [3.8, 4) is 0 Å². The monoisotopic (exact) mass is 345 g/mol. The van der Waals surface area contributed by atoms with Crippen LogP contribution in [0.2, 0.25) is 0 Å². The Hall–Kier alpha value is -0.880. The molecule has 4 nitrogen and oxygen atoms in total. The lowest BCUT2D eigenvalue weighted by Crippen LogP contribution is -2.47. The molecule has 0 saturated carbocycles. The van der Waals surface area contributed by atoms with Gasteiger partial charge in [0.1, 0.15) is 0 Å². The second-order valence-corrected chi connectivity index (χ2v) is 8.38. The van der Waals surface area contributed by atoms with Crippen molar-refractivity contribution in [2.45, 2.75) is 25.8 Å². The summed E-state index contributed by atoms with van der Waals surface area (Å²) in [5.74, 6) is -0.0938. The zero-order valence-corrected chi connectivity index (χ0v) is 13.3. The van der Waals surface area contributed by atoms with Crippen molar-refractivity contribution in [1.29, 1.82) is 0 Å². The lowest BCUT2D eigenvalue weighted by atomic mass is 10.0. The highest BCUT2D eigenvalue weighted by molar-refractivity contribution is 9.10. The first kappa shape index (κ1) is 14.5. The van der Waals surface area contributed by atoms with E-state index in [4.69, 9.17) is 0 Å². The van der Waals surface area contributed by atoms with Crippen LogP contribution < -0.4 is 5.32 Å². The van der Waals surface area contributed by atoms with E-state index in [9.17, 15) is 13.2 Å². The van der Waals surface area contributed by atoms with Crippen molar-refractivity contribution >= 4 is 31.7 Å². The Kier molecular flexibility index (Phi) is 3.75. The van der Waals surface area contributed by atoms with E-state index in [-0.39, 0.29) is 17.4 Å². The largest absolute Gasteiger partial charge is 0.346 e. The fraction of sp³-hybridized carbons (Fsp3) is 0.462. The quantitative estimate of drug-likeness (QED) is 0.892. The van der Waals surface area contributed by atoms with Gasteiger partial charge < -0.3 is 5.32 Å². The van der Waals surface area contributed by atoms with Crippen molar-refractivity contribution in [3.05, 3.63) is 33.8 Å². The number of hydrogen-bond donors (Lipinski definition) is 1. The van der Waals surface area contributed by atoms with Gasteiger partial charge in [-0.2, -0.15) is 0 Å². The van der Waals surface area contributed by atoms with E-state index in [0.717, 1.165) is 5.56 Å². The maximum atomic E-state index is 12.3. The average Bonchev–Trinajstić information content (AvgIpc) is 2.56. The molecule has 0 aromatic heterocycles. The van der Waals surface area contributed by atoms with Crippen LogP contribution in [-0.4, -0.2) is 31.4 Å². The first-order valence-electron chi connectivity index (χ1n) is 6.00. The number of nitrogens with one attached hydrogen (secondary N) is 1. The summed E-state index contributed by atoms with van der Waals surface area (Å²) in [6, 6.07) is 5.51. The van der Waals surface area contributed by atoms with E-state index >= 15 is 0 Å². The van der Waals surface area contributed by atoms with E-state index in [1.807, 2.05) is 19.1 Å². The SMILES string of the molecule is Cc1ccc(Br)c(C(=O)NC2(C)CCS(=O)(=O)C2)c1. The second kappa shape index (κ2) is 4.90. The fourth-order valence-corrected chi connectivity index (χ4v) is 4.78. The summed E-state index contributed by atoms with van der Waals surface area (Å²) >= 11 is 3.34. The number of rotatable bonds is 2. The van der Waals surface area contributed by atoms with Crippen molar-refractivity contribution in [3.63, 3.8) is 0 Å². The highest BCUT2D eigenvalue weighted by Gasteiger charge is 2.39. The number of aryl methyl sites for hydroxylation is 1. The van der Waals surface area contributed by atoms with Gasteiger partial charge in [0.05, 0.1) is 22.6 Å². The van der Waals surface area contributed by atoms with E-state index in [1.54, 1.807) is 13.0 Å². The summed E-state index contributed by atoms with van der Waals surface area (Å²) in [6.45, 7) is 3.68. The van der Waals surface area contributed by atoms with Gasteiger partial charge >= 0.3 is 0 Å². The fourth-order valence-electron chi connectivity index (χ4n) is 2.26. The normalized spacial score (nSPS) is 25.2. The standard InChI is InChI=1S/C13H16BrNO3S/c1-9-3-4-11(14)10(7-9)12(16)15-13(2)5-6-19(17,18)8-13/h3-4,7H,5-6,8H2,1-2H3,(H,15,16). The molecule has 1 atom stereocenters. The van der Waals surface area contributed by atoms with Crippen LogP contribution in [0.5, 0.6) is 0 Å². The van der Waals surface area contributed by atoms with Gasteiger partial charge in [-0.05, 0) is 48.3 Å². The van der Waals surface area contributed by atoms with Crippen LogP contribution in [0.4, 0.5) is 0 Å². The summed E-state index contributed by atoms with van der Waals surface area (Å²) < 4.78 is 23.8. The smallest absolute Gasteiger partial charge is 0.252 e. The molecule has 1 N–H and O–H groups in total. The summed E-state index contributed by atoms with van der Waals surface area (Å²) in [6.07, 6.45) is 0.463. The molecular formula is C13H16BrNO3S. The van der Waals surface area contributed by atoms with Gasteiger partial charge in [0.25, 0.3) is 5.91 Å². The van der Waals surface area contributed by atoms with E-state index in [2.05, 4.69) is 21.2 Å². The topological polar surface area (TPSA) is 63.2 Å². The van der Waals surface area contributed by atoms with Gasteiger partial charge in [-0.25, -0.2) is 8.42 Å². The number of amides is 1. The predicted molar refractivity (Wildman–Crippen MR) is 78.0 cm³/mol. The highest BCUT2D eigenvalue weighted by atomic mass is 79.9. The number of halogens is 1. The maximum absolute atomic E-state index is 12.3. The molecule has 1 fully saturated rings. The molecule has 1 unspecified atom stereocenters. The average molecular weight is 346 g/mol. The van der Waals surface area contributed by atoms with E-state index < -0.39 is 15.4 Å².